The van der Waals surface area contributed by atoms with E-state index in [0.29, 0.717) is 30.5 Å². The van der Waals surface area contributed by atoms with Gasteiger partial charge in [-0.05, 0) is 38.7 Å². The first-order valence-electron chi connectivity index (χ1n) is 12.5. The smallest absolute Gasteiger partial charge is 0.226 e. The molecule has 0 radical (unpaired) electrons. The summed E-state index contributed by atoms with van der Waals surface area (Å²) in [5.74, 6) is 2.18. The maximum atomic E-state index is 9.02. The highest BCUT2D eigenvalue weighted by Gasteiger charge is 2.40. The lowest BCUT2D eigenvalue weighted by Gasteiger charge is -2.38. The number of ether oxygens (including phenoxy) is 1. The van der Waals surface area contributed by atoms with E-state index in [4.69, 9.17) is 20.0 Å². The van der Waals surface area contributed by atoms with Crippen LogP contribution in [0.15, 0.2) is 12.1 Å². The molecule has 3 N–H and O–H groups in total. The van der Waals surface area contributed by atoms with Crippen molar-refractivity contribution >= 4 is 44.1 Å². The summed E-state index contributed by atoms with van der Waals surface area (Å²) in [6.07, 6.45) is 5.17. The zero-order chi connectivity index (χ0) is 23.8. The number of H-pyrrole nitrogens is 1. The molecule has 2 bridgehead atoms. The van der Waals surface area contributed by atoms with Gasteiger partial charge in [-0.1, -0.05) is 11.3 Å². The van der Waals surface area contributed by atoms with Crippen molar-refractivity contribution in [1.82, 2.24) is 25.1 Å². The molecule has 3 aliphatic rings. The van der Waals surface area contributed by atoms with Gasteiger partial charge >= 0.3 is 0 Å². The van der Waals surface area contributed by atoms with E-state index in [-0.39, 0.29) is 0 Å². The Morgan fingerprint density at radius 1 is 1.20 bits per heavy atom. The molecule has 0 spiro atoms. The summed E-state index contributed by atoms with van der Waals surface area (Å²) in [5, 5.41) is 25.6. The van der Waals surface area contributed by atoms with E-state index >= 15 is 0 Å². The Balaban J connectivity index is 1.27. The zero-order valence-electron chi connectivity index (χ0n) is 20.0. The van der Waals surface area contributed by atoms with Crippen molar-refractivity contribution in [3.8, 4) is 6.07 Å². The molecular formula is C24H31N9OS. The van der Waals surface area contributed by atoms with Crippen molar-refractivity contribution in [3.05, 3.63) is 17.8 Å². The third-order valence-corrected chi connectivity index (χ3v) is 8.44. The highest BCUT2D eigenvalue weighted by Crippen LogP contribution is 2.39. The number of aryl methyl sites for hydroxylation is 1. The number of thiophene rings is 1. The van der Waals surface area contributed by atoms with Crippen LogP contribution in [0, 0.1) is 18.3 Å². The molecule has 3 saturated heterocycles. The number of aromatic nitrogens is 4. The quantitative estimate of drug-likeness (QED) is 0.453. The summed E-state index contributed by atoms with van der Waals surface area (Å²) in [5.41, 5.74) is 0.995. The van der Waals surface area contributed by atoms with Gasteiger partial charge < -0.3 is 20.3 Å². The van der Waals surface area contributed by atoms with Crippen molar-refractivity contribution in [1.29, 1.82) is 5.26 Å². The number of morpholine rings is 1. The first kappa shape index (κ1) is 22.5. The van der Waals surface area contributed by atoms with Crippen LogP contribution in [-0.2, 0) is 4.74 Å². The van der Waals surface area contributed by atoms with E-state index in [2.05, 4.69) is 42.8 Å². The van der Waals surface area contributed by atoms with Crippen LogP contribution >= 0.6 is 11.3 Å². The van der Waals surface area contributed by atoms with Crippen LogP contribution in [-0.4, -0.2) is 76.0 Å². The van der Waals surface area contributed by atoms with Crippen molar-refractivity contribution in [2.24, 2.45) is 0 Å². The highest BCUT2D eigenvalue weighted by atomic mass is 32.1. The minimum absolute atomic E-state index is 0.336. The molecule has 3 aromatic rings. The minimum Gasteiger partial charge on any atom is -0.378 e. The summed E-state index contributed by atoms with van der Waals surface area (Å²) in [4.78, 5) is 15.7. The predicted molar refractivity (Wildman–Crippen MR) is 137 cm³/mol. The maximum Gasteiger partial charge on any atom is 0.226 e. The number of aromatic amines is 1. The molecule has 6 rings (SSSR count). The molecule has 3 aliphatic heterocycles. The topological polar surface area (TPSA) is 118 Å². The summed E-state index contributed by atoms with van der Waals surface area (Å²) in [6, 6.07) is 7.89. The van der Waals surface area contributed by atoms with Gasteiger partial charge in [-0.2, -0.15) is 15.3 Å². The molecule has 0 aromatic carbocycles. The van der Waals surface area contributed by atoms with Crippen molar-refractivity contribution in [2.45, 2.75) is 57.2 Å². The largest absolute Gasteiger partial charge is 0.378 e. The molecule has 6 heterocycles. The first-order chi connectivity index (χ1) is 17.2. The summed E-state index contributed by atoms with van der Waals surface area (Å²) in [7, 11) is 0. The molecule has 11 heteroatoms. The standard InChI is InChI=1S/C24H31N9OS/c1-15-11-20(31-30-15)27-22-19-14-21(32-7-9-34-10-8-32)35-23(19)29-24(28-22)26-16-12-17-3-4-18(13-16)33(17)6-2-5-25/h11,14,16-18H,2-4,6-10,12-13H2,1H3,(H3,26,27,28,29,30,31)/t16-,17-,18+. The number of piperidine rings is 1. The molecule has 35 heavy (non-hydrogen) atoms. The van der Waals surface area contributed by atoms with Gasteiger partial charge in [-0.25, -0.2) is 4.98 Å². The maximum absolute atomic E-state index is 9.02. The number of rotatable bonds is 7. The Bertz CT molecular complexity index is 1210. The number of hydrogen-bond donors (Lipinski definition) is 3. The van der Waals surface area contributed by atoms with Crippen LogP contribution in [0.5, 0.6) is 0 Å². The molecule has 3 aromatic heterocycles. The SMILES string of the molecule is Cc1cc(Nc2nc(N[C@@H]3C[C@H]4CC[C@@H](C3)N4CCC#N)nc3sc(N4CCOCC4)cc23)n[nH]1. The molecule has 10 nitrogen and oxygen atoms in total. The normalized spacial score (nSPS) is 24.6. The molecule has 0 unspecified atom stereocenters. The van der Waals surface area contributed by atoms with Gasteiger partial charge in [-0.15, -0.1) is 0 Å². The van der Waals surface area contributed by atoms with Gasteiger partial charge in [0.25, 0.3) is 0 Å². The second-order valence-corrected chi connectivity index (χ2v) is 10.7. The Labute approximate surface area is 208 Å². The lowest BCUT2D eigenvalue weighted by Crippen LogP contribution is -2.47. The van der Waals surface area contributed by atoms with Gasteiger partial charge in [0.05, 0.1) is 29.7 Å². The fraction of sp³-hybridized carbons (Fsp3) is 0.583. The third kappa shape index (κ3) is 4.66. The monoisotopic (exact) mass is 493 g/mol. The zero-order valence-corrected chi connectivity index (χ0v) is 20.8. The molecule has 3 atom stereocenters. The molecule has 3 fully saturated rings. The van der Waals surface area contributed by atoms with Crippen LogP contribution in [0.1, 0.15) is 37.8 Å². The summed E-state index contributed by atoms with van der Waals surface area (Å²) in [6.45, 7) is 6.15. The lowest BCUT2D eigenvalue weighted by atomic mass is 9.97. The first-order valence-corrected chi connectivity index (χ1v) is 13.3. The van der Waals surface area contributed by atoms with Gasteiger partial charge in [0, 0.05) is 55.9 Å². The molecule has 184 valence electrons. The average Bonchev–Trinajstić information content (AvgIpc) is 3.54. The van der Waals surface area contributed by atoms with E-state index in [1.807, 2.05) is 13.0 Å². The fourth-order valence-corrected chi connectivity index (χ4v) is 6.81. The van der Waals surface area contributed by atoms with Crippen LogP contribution < -0.4 is 15.5 Å². The minimum atomic E-state index is 0.336. The lowest BCUT2D eigenvalue weighted by molar-refractivity contribution is 0.123. The Kier molecular flexibility index (Phi) is 6.18. The predicted octanol–water partition coefficient (Wildman–Crippen LogP) is 3.62. The van der Waals surface area contributed by atoms with E-state index in [1.54, 1.807) is 11.3 Å². The van der Waals surface area contributed by atoms with Crippen LogP contribution in [0.3, 0.4) is 0 Å². The fourth-order valence-electron chi connectivity index (χ4n) is 5.73. The third-order valence-electron chi connectivity index (χ3n) is 7.35. The van der Waals surface area contributed by atoms with Crippen molar-refractivity contribution in [2.75, 3.05) is 48.4 Å². The Hall–Kier alpha value is -2.94. The number of nitriles is 1. The van der Waals surface area contributed by atoms with Crippen LogP contribution in [0.2, 0.25) is 0 Å². The molecule has 0 amide bonds. The number of fused-ring (bicyclic) bond motifs is 3. The summed E-state index contributed by atoms with van der Waals surface area (Å²) >= 11 is 1.71. The number of nitrogens with one attached hydrogen (secondary N) is 3. The van der Waals surface area contributed by atoms with Gasteiger partial charge in [0.15, 0.2) is 5.82 Å². The molecule has 0 saturated carbocycles. The van der Waals surface area contributed by atoms with Crippen LogP contribution in [0.4, 0.5) is 22.6 Å². The Morgan fingerprint density at radius 2 is 2.00 bits per heavy atom. The van der Waals surface area contributed by atoms with Crippen LogP contribution in [0.25, 0.3) is 10.2 Å². The number of nitrogens with zero attached hydrogens (tertiary/aromatic N) is 6. The summed E-state index contributed by atoms with van der Waals surface area (Å²) < 4.78 is 5.54. The van der Waals surface area contributed by atoms with Crippen molar-refractivity contribution < 1.29 is 4.74 Å². The Morgan fingerprint density at radius 3 is 2.71 bits per heavy atom. The number of hydrogen-bond acceptors (Lipinski definition) is 10. The highest BCUT2D eigenvalue weighted by molar-refractivity contribution is 7.22. The van der Waals surface area contributed by atoms with Gasteiger partial charge in [0.1, 0.15) is 10.6 Å². The molecule has 0 aliphatic carbocycles. The van der Waals surface area contributed by atoms with E-state index in [0.717, 1.165) is 73.2 Å². The van der Waals surface area contributed by atoms with Crippen molar-refractivity contribution in [3.63, 3.8) is 0 Å². The number of anilines is 4. The average molecular weight is 494 g/mol. The second-order valence-electron chi connectivity index (χ2n) is 9.70. The second kappa shape index (κ2) is 9.60. The van der Waals surface area contributed by atoms with Gasteiger partial charge in [-0.3, -0.25) is 10.00 Å². The van der Waals surface area contributed by atoms with E-state index < -0.39 is 0 Å². The van der Waals surface area contributed by atoms with E-state index in [9.17, 15) is 0 Å². The van der Waals surface area contributed by atoms with Gasteiger partial charge in [0.2, 0.25) is 5.95 Å². The van der Waals surface area contributed by atoms with E-state index in [1.165, 1.54) is 17.8 Å². The molecular weight excluding hydrogens is 462 g/mol.